The molecule has 3 aromatic rings. The summed E-state index contributed by atoms with van der Waals surface area (Å²) in [6.45, 7) is 0.689. The molecule has 20 heavy (non-hydrogen) atoms. The molecular formula is C16H17N3O. The van der Waals surface area contributed by atoms with E-state index in [-0.39, 0.29) is 0 Å². The highest BCUT2D eigenvalue weighted by atomic mass is 16.5. The maximum Gasteiger partial charge on any atom is 0.120 e. The molecule has 0 spiro atoms. The van der Waals surface area contributed by atoms with Crippen molar-refractivity contribution in [3.05, 3.63) is 54.2 Å². The van der Waals surface area contributed by atoms with Gasteiger partial charge in [-0.05, 0) is 18.2 Å². The van der Waals surface area contributed by atoms with Gasteiger partial charge in [-0.3, -0.25) is 4.68 Å². The summed E-state index contributed by atoms with van der Waals surface area (Å²) in [5.41, 5.74) is 3.22. The van der Waals surface area contributed by atoms with Gasteiger partial charge in [0.15, 0.2) is 0 Å². The summed E-state index contributed by atoms with van der Waals surface area (Å²) in [4.78, 5) is 0. The molecule has 2 aromatic carbocycles. The van der Waals surface area contributed by atoms with E-state index in [9.17, 15) is 0 Å². The number of benzene rings is 2. The minimum atomic E-state index is 0.689. The van der Waals surface area contributed by atoms with E-state index in [0.29, 0.717) is 6.54 Å². The number of fused-ring (bicyclic) bond motifs is 1. The van der Waals surface area contributed by atoms with Crippen LogP contribution in [0.15, 0.2) is 48.5 Å². The predicted octanol–water partition coefficient (Wildman–Crippen LogP) is 3.19. The molecule has 0 bridgehead atoms. The van der Waals surface area contributed by atoms with Crippen molar-refractivity contribution in [2.45, 2.75) is 6.54 Å². The van der Waals surface area contributed by atoms with Gasteiger partial charge in [0.05, 0.1) is 24.9 Å². The second-order valence-electron chi connectivity index (χ2n) is 4.67. The van der Waals surface area contributed by atoms with Crippen LogP contribution in [0.2, 0.25) is 0 Å². The van der Waals surface area contributed by atoms with Crippen molar-refractivity contribution < 1.29 is 4.74 Å². The van der Waals surface area contributed by atoms with E-state index in [4.69, 9.17) is 4.74 Å². The maximum atomic E-state index is 5.22. The first-order chi connectivity index (χ1) is 9.78. The standard InChI is InChI=1S/C16H17N3O/c1-19-16-9-4-3-8-14(16)15(18-19)11-17-12-6-5-7-13(10-12)20-2/h3-10,17H,11H2,1-2H3. The number of nitrogens with one attached hydrogen (secondary N) is 1. The summed E-state index contributed by atoms with van der Waals surface area (Å²) in [7, 11) is 3.64. The van der Waals surface area contributed by atoms with Crippen LogP contribution < -0.4 is 10.1 Å². The van der Waals surface area contributed by atoms with Gasteiger partial charge in [0.2, 0.25) is 0 Å². The van der Waals surface area contributed by atoms with Gasteiger partial charge in [-0.15, -0.1) is 0 Å². The zero-order valence-corrected chi connectivity index (χ0v) is 11.6. The second kappa shape index (κ2) is 5.25. The Labute approximate surface area is 118 Å². The number of rotatable bonds is 4. The van der Waals surface area contributed by atoms with Crippen LogP contribution in [-0.4, -0.2) is 16.9 Å². The van der Waals surface area contributed by atoms with Crippen LogP contribution in [0.4, 0.5) is 5.69 Å². The number of hydrogen-bond acceptors (Lipinski definition) is 3. The first kappa shape index (κ1) is 12.5. The van der Waals surface area contributed by atoms with E-state index >= 15 is 0 Å². The number of aryl methyl sites for hydroxylation is 1. The molecule has 0 amide bonds. The molecule has 0 saturated carbocycles. The number of para-hydroxylation sites is 1. The first-order valence-electron chi connectivity index (χ1n) is 6.56. The number of nitrogens with zero attached hydrogens (tertiary/aromatic N) is 2. The molecule has 0 radical (unpaired) electrons. The maximum absolute atomic E-state index is 5.22. The normalized spacial score (nSPS) is 10.7. The third-order valence-electron chi connectivity index (χ3n) is 3.36. The predicted molar refractivity (Wildman–Crippen MR) is 81.0 cm³/mol. The van der Waals surface area contributed by atoms with Crippen molar-refractivity contribution in [3.8, 4) is 5.75 Å². The quantitative estimate of drug-likeness (QED) is 0.789. The Kier molecular flexibility index (Phi) is 3.29. The summed E-state index contributed by atoms with van der Waals surface area (Å²) < 4.78 is 7.14. The lowest BCUT2D eigenvalue weighted by molar-refractivity contribution is 0.415. The van der Waals surface area contributed by atoms with Gasteiger partial charge in [0.1, 0.15) is 5.75 Å². The Bertz CT molecular complexity index is 733. The highest BCUT2D eigenvalue weighted by Gasteiger charge is 2.07. The number of aromatic nitrogens is 2. The van der Waals surface area contributed by atoms with Crippen molar-refractivity contribution in [2.75, 3.05) is 12.4 Å². The monoisotopic (exact) mass is 267 g/mol. The smallest absolute Gasteiger partial charge is 0.120 e. The third kappa shape index (κ3) is 2.32. The average Bonchev–Trinajstić information content (AvgIpc) is 2.82. The highest BCUT2D eigenvalue weighted by Crippen LogP contribution is 2.20. The summed E-state index contributed by atoms with van der Waals surface area (Å²) in [5.74, 6) is 0.848. The Morgan fingerprint density at radius 3 is 2.85 bits per heavy atom. The highest BCUT2D eigenvalue weighted by molar-refractivity contribution is 5.82. The van der Waals surface area contributed by atoms with E-state index in [1.807, 2.05) is 48.1 Å². The molecule has 0 aliphatic heterocycles. The number of ether oxygens (including phenoxy) is 1. The molecule has 0 fully saturated rings. The van der Waals surface area contributed by atoms with E-state index in [2.05, 4.69) is 22.5 Å². The SMILES string of the molecule is COc1cccc(NCc2nn(C)c3ccccc23)c1. The zero-order chi connectivity index (χ0) is 13.9. The fraction of sp³-hybridized carbons (Fsp3) is 0.188. The van der Waals surface area contributed by atoms with Crippen LogP contribution in [0, 0.1) is 0 Å². The molecule has 1 heterocycles. The van der Waals surface area contributed by atoms with Crippen molar-refractivity contribution in [1.82, 2.24) is 9.78 Å². The van der Waals surface area contributed by atoms with Crippen molar-refractivity contribution >= 4 is 16.6 Å². The van der Waals surface area contributed by atoms with E-state index in [1.165, 1.54) is 5.39 Å². The zero-order valence-electron chi connectivity index (χ0n) is 11.6. The van der Waals surface area contributed by atoms with Crippen molar-refractivity contribution in [2.24, 2.45) is 7.05 Å². The molecule has 3 rings (SSSR count). The molecule has 0 aliphatic carbocycles. The summed E-state index contributed by atoms with van der Waals surface area (Å²) in [6.07, 6.45) is 0. The van der Waals surface area contributed by atoms with Crippen LogP contribution in [0.5, 0.6) is 5.75 Å². The van der Waals surface area contributed by atoms with Gasteiger partial charge < -0.3 is 10.1 Å². The molecule has 102 valence electrons. The van der Waals surface area contributed by atoms with Crippen LogP contribution >= 0.6 is 0 Å². The molecule has 4 heteroatoms. The second-order valence-corrected chi connectivity index (χ2v) is 4.67. The van der Waals surface area contributed by atoms with Crippen LogP contribution in [0.3, 0.4) is 0 Å². The Morgan fingerprint density at radius 1 is 1.15 bits per heavy atom. The van der Waals surface area contributed by atoms with Gasteiger partial charge >= 0.3 is 0 Å². The number of methoxy groups -OCH3 is 1. The van der Waals surface area contributed by atoms with E-state index in [0.717, 1.165) is 22.6 Å². The minimum absolute atomic E-state index is 0.689. The van der Waals surface area contributed by atoms with Gasteiger partial charge in [0, 0.05) is 24.2 Å². The number of anilines is 1. The Morgan fingerprint density at radius 2 is 2.00 bits per heavy atom. The van der Waals surface area contributed by atoms with E-state index in [1.54, 1.807) is 7.11 Å². The van der Waals surface area contributed by atoms with Gasteiger partial charge in [0.25, 0.3) is 0 Å². The van der Waals surface area contributed by atoms with Crippen LogP contribution in [0.25, 0.3) is 10.9 Å². The van der Waals surface area contributed by atoms with Gasteiger partial charge in [-0.2, -0.15) is 5.10 Å². The van der Waals surface area contributed by atoms with E-state index < -0.39 is 0 Å². The fourth-order valence-corrected chi connectivity index (χ4v) is 2.34. The molecule has 4 nitrogen and oxygen atoms in total. The molecule has 0 saturated heterocycles. The Balaban J connectivity index is 1.83. The lowest BCUT2D eigenvalue weighted by atomic mass is 10.2. The van der Waals surface area contributed by atoms with Crippen LogP contribution in [-0.2, 0) is 13.6 Å². The molecule has 1 aromatic heterocycles. The van der Waals surface area contributed by atoms with Crippen LogP contribution in [0.1, 0.15) is 5.69 Å². The molecule has 0 atom stereocenters. The van der Waals surface area contributed by atoms with Gasteiger partial charge in [-0.25, -0.2) is 0 Å². The Hall–Kier alpha value is -2.49. The topological polar surface area (TPSA) is 39.1 Å². The largest absolute Gasteiger partial charge is 0.497 e. The number of hydrogen-bond donors (Lipinski definition) is 1. The average molecular weight is 267 g/mol. The fourth-order valence-electron chi connectivity index (χ4n) is 2.34. The molecule has 0 unspecified atom stereocenters. The summed E-state index contributed by atoms with van der Waals surface area (Å²) >= 11 is 0. The molecule has 1 N–H and O–H groups in total. The van der Waals surface area contributed by atoms with Crippen molar-refractivity contribution in [1.29, 1.82) is 0 Å². The molecule has 0 aliphatic rings. The molecular weight excluding hydrogens is 250 g/mol. The first-order valence-corrected chi connectivity index (χ1v) is 6.56. The summed E-state index contributed by atoms with van der Waals surface area (Å²) in [6, 6.07) is 16.2. The lowest BCUT2D eigenvalue weighted by Crippen LogP contribution is -2.01. The summed E-state index contributed by atoms with van der Waals surface area (Å²) in [5, 5.41) is 9.14. The third-order valence-corrected chi connectivity index (χ3v) is 3.36. The van der Waals surface area contributed by atoms with Gasteiger partial charge in [-0.1, -0.05) is 24.3 Å². The lowest BCUT2D eigenvalue weighted by Gasteiger charge is -2.06. The minimum Gasteiger partial charge on any atom is -0.497 e. The van der Waals surface area contributed by atoms with Crippen molar-refractivity contribution in [3.63, 3.8) is 0 Å².